The second-order valence-corrected chi connectivity index (χ2v) is 3.36. The number of benzene rings is 2. The van der Waals surface area contributed by atoms with Crippen molar-refractivity contribution in [1.29, 1.82) is 0 Å². The van der Waals surface area contributed by atoms with Gasteiger partial charge in [-0.2, -0.15) is 0 Å². The maximum atomic E-state index is 9.01. The summed E-state index contributed by atoms with van der Waals surface area (Å²) < 4.78 is 5.55. The van der Waals surface area contributed by atoms with Gasteiger partial charge in [0.25, 0.3) is 0 Å². The summed E-state index contributed by atoms with van der Waals surface area (Å²) in [5, 5.41) is 18.0. The van der Waals surface area contributed by atoms with Gasteiger partial charge in [0, 0.05) is 0 Å². The smallest absolute Gasteiger partial charge is 0.457 e. The van der Waals surface area contributed by atoms with Gasteiger partial charge < -0.3 is 14.8 Å². The zero-order chi connectivity index (χ0) is 11.4. The van der Waals surface area contributed by atoms with Crippen molar-refractivity contribution in [2.45, 2.75) is 0 Å². The molecule has 80 valence electrons. The van der Waals surface area contributed by atoms with E-state index in [0.29, 0.717) is 17.0 Å². The van der Waals surface area contributed by atoms with Gasteiger partial charge in [0.1, 0.15) is 11.5 Å². The summed E-state index contributed by atoms with van der Waals surface area (Å²) >= 11 is 0. The molecule has 0 aliphatic heterocycles. The lowest BCUT2D eigenvalue weighted by atomic mass is 9.80. The quantitative estimate of drug-likeness (QED) is 0.753. The summed E-state index contributed by atoms with van der Waals surface area (Å²) in [4.78, 5) is 0. The van der Waals surface area contributed by atoms with Crippen LogP contribution in [0.2, 0.25) is 0 Å². The van der Waals surface area contributed by atoms with Gasteiger partial charge in [0.15, 0.2) is 0 Å². The summed E-state index contributed by atoms with van der Waals surface area (Å²) in [6, 6.07) is 16.0. The lowest BCUT2D eigenvalue weighted by Gasteiger charge is -2.06. The molecule has 2 rings (SSSR count). The van der Waals surface area contributed by atoms with E-state index in [9.17, 15) is 0 Å². The maximum Gasteiger partial charge on any atom is 0.488 e. The van der Waals surface area contributed by atoms with Crippen molar-refractivity contribution in [3.8, 4) is 11.5 Å². The van der Waals surface area contributed by atoms with Crippen LogP contribution in [0.3, 0.4) is 0 Å². The van der Waals surface area contributed by atoms with Crippen molar-refractivity contribution in [2.24, 2.45) is 0 Å². The van der Waals surface area contributed by atoms with E-state index in [0.717, 1.165) is 0 Å². The molecule has 0 atom stereocenters. The van der Waals surface area contributed by atoms with E-state index in [1.807, 2.05) is 30.3 Å². The van der Waals surface area contributed by atoms with Crippen LogP contribution in [-0.4, -0.2) is 17.2 Å². The fraction of sp³-hybridized carbons (Fsp3) is 0. The van der Waals surface area contributed by atoms with Crippen molar-refractivity contribution in [3.63, 3.8) is 0 Å². The normalized spacial score (nSPS) is 9.88. The van der Waals surface area contributed by atoms with Crippen LogP contribution in [0.4, 0.5) is 0 Å². The van der Waals surface area contributed by atoms with Crippen molar-refractivity contribution in [3.05, 3.63) is 54.6 Å². The summed E-state index contributed by atoms with van der Waals surface area (Å²) in [6.07, 6.45) is 0. The summed E-state index contributed by atoms with van der Waals surface area (Å²) in [5.74, 6) is 1.30. The molecule has 0 saturated carbocycles. The maximum absolute atomic E-state index is 9.01. The predicted molar refractivity (Wildman–Crippen MR) is 62.8 cm³/mol. The van der Waals surface area contributed by atoms with E-state index in [4.69, 9.17) is 14.8 Å². The first kappa shape index (κ1) is 10.7. The van der Waals surface area contributed by atoms with Crippen molar-refractivity contribution in [2.75, 3.05) is 0 Å². The first-order chi connectivity index (χ1) is 7.75. The SMILES string of the molecule is OB(O)c1cccc(Oc2ccccc2)c1. The van der Waals surface area contributed by atoms with Crippen molar-refractivity contribution in [1.82, 2.24) is 0 Å². The van der Waals surface area contributed by atoms with Crippen LogP contribution in [0.1, 0.15) is 0 Å². The standard InChI is InChI=1S/C12H11BO3/c14-13(15)10-5-4-8-12(9-10)16-11-6-2-1-3-7-11/h1-9,14-15H. The molecular weight excluding hydrogens is 203 g/mol. The van der Waals surface area contributed by atoms with Crippen molar-refractivity contribution < 1.29 is 14.8 Å². The third kappa shape index (κ3) is 2.62. The molecule has 0 aliphatic carbocycles. The molecule has 0 fully saturated rings. The Hall–Kier alpha value is -1.78. The Balaban J connectivity index is 2.19. The topological polar surface area (TPSA) is 49.7 Å². The minimum Gasteiger partial charge on any atom is -0.457 e. The molecule has 16 heavy (non-hydrogen) atoms. The van der Waals surface area contributed by atoms with Gasteiger partial charge in [0.2, 0.25) is 0 Å². The van der Waals surface area contributed by atoms with Gasteiger partial charge in [-0.05, 0) is 29.7 Å². The molecule has 0 bridgehead atoms. The average molecular weight is 214 g/mol. The lowest BCUT2D eigenvalue weighted by molar-refractivity contribution is 0.425. The summed E-state index contributed by atoms with van der Waals surface area (Å²) in [5.41, 5.74) is 0.411. The summed E-state index contributed by atoms with van der Waals surface area (Å²) in [7, 11) is -1.47. The minimum atomic E-state index is -1.47. The highest BCUT2D eigenvalue weighted by molar-refractivity contribution is 6.58. The number of para-hydroxylation sites is 1. The average Bonchev–Trinajstić information content (AvgIpc) is 2.30. The fourth-order valence-corrected chi connectivity index (χ4v) is 1.36. The Kier molecular flexibility index (Phi) is 3.24. The highest BCUT2D eigenvalue weighted by Crippen LogP contribution is 2.19. The molecule has 0 aliphatic rings. The van der Waals surface area contributed by atoms with E-state index in [1.165, 1.54) is 0 Å². The Labute approximate surface area is 94.1 Å². The molecular formula is C12H11BO3. The molecule has 2 aromatic carbocycles. The highest BCUT2D eigenvalue weighted by Gasteiger charge is 2.11. The molecule has 0 spiro atoms. The van der Waals surface area contributed by atoms with Gasteiger partial charge in [-0.15, -0.1) is 0 Å². The van der Waals surface area contributed by atoms with E-state index in [1.54, 1.807) is 24.3 Å². The van der Waals surface area contributed by atoms with E-state index < -0.39 is 7.12 Å². The second kappa shape index (κ2) is 4.83. The van der Waals surface area contributed by atoms with Gasteiger partial charge in [0.05, 0.1) is 0 Å². The molecule has 0 unspecified atom stereocenters. The van der Waals surface area contributed by atoms with Crippen LogP contribution in [-0.2, 0) is 0 Å². The molecule has 0 radical (unpaired) electrons. The van der Waals surface area contributed by atoms with Gasteiger partial charge in [-0.25, -0.2) is 0 Å². The van der Waals surface area contributed by atoms with Gasteiger partial charge >= 0.3 is 7.12 Å². The Morgan fingerprint density at radius 3 is 2.19 bits per heavy atom. The van der Waals surface area contributed by atoms with E-state index in [2.05, 4.69) is 0 Å². The number of hydrogen-bond acceptors (Lipinski definition) is 3. The zero-order valence-electron chi connectivity index (χ0n) is 8.58. The molecule has 2 N–H and O–H groups in total. The lowest BCUT2D eigenvalue weighted by Crippen LogP contribution is -2.29. The molecule has 4 heteroatoms. The molecule has 0 aromatic heterocycles. The second-order valence-electron chi connectivity index (χ2n) is 3.36. The Morgan fingerprint density at radius 2 is 1.50 bits per heavy atom. The third-order valence-electron chi connectivity index (χ3n) is 2.14. The monoisotopic (exact) mass is 214 g/mol. The zero-order valence-corrected chi connectivity index (χ0v) is 8.58. The first-order valence-corrected chi connectivity index (χ1v) is 4.95. The number of ether oxygens (including phenoxy) is 1. The third-order valence-corrected chi connectivity index (χ3v) is 2.14. The van der Waals surface area contributed by atoms with Crippen molar-refractivity contribution >= 4 is 12.6 Å². The Bertz CT molecular complexity index is 457. The molecule has 3 nitrogen and oxygen atoms in total. The Morgan fingerprint density at radius 1 is 0.812 bits per heavy atom. The van der Waals surface area contributed by atoms with E-state index in [-0.39, 0.29) is 0 Å². The predicted octanol–water partition coefficient (Wildman–Crippen LogP) is 1.16. The number of rotatable bonds is 3. The van der Waals surface area contributed by atoms with E-state index >= 15 is 0 Å². The number of hydrogen-bond donors (Lipinski definition) is 2. The first-order valence-electron chi connectivity index (χ1n) is 4.95. The minimum absolute atomic E-state index is 0.411. The van der Waals surface area contributed by atoms with Crippen LogP contribution < -0.4 is 10.2 Å². The van der Waals surface area contributed by atoms with Gasteiger partial charge in [-0.1, -0.05) is 30.3 Å². The highest BCUT2D eigenvalue weighted by atomic mass is 16.5. The van der Waals surface area contributed by atoms with Crippen LogP contribution in [0.5, 0.6) is 11.5 Å². The molecule has 0 saturated heterocycles. The fourth-order valence-electron chi connectivity index (χ4n) is 1.36. The largest absolute Gasteiger partial charge is 0.488 e. The van der Waals surface area contributed by atoms with Crippen LogP contribution >= 0.6 is 0 Å². The molecule has 0 heterocycles. The molecule has 0 amide bonds. The van der Waals surface area contributed by atoms with Crippen LogP contribution in [0.15, 0.2) is 54.6 Å². The van der Waals surface area contributed by atoms with Crippen LogP contribution in [0, 0.1) is 0 Å². The summed E-state index contributed by atoms with van der Waals surface area (Å²) in [6.45, 7) is 0. The molecule has 2 aromatic rings. The van der Waals surface area contributed by atoms with Gasteiger partial charge in [-0.3, -0.25) is 0 Å². The van der Waals surface area contributed by atoms with Crippen LogP contribution in [0.25, 0.3) is 0 Å².